The molecule has 282 valence electrons. The Hall–Kier alpha value is -5.44. The molecule has 5 atom stereocenters. The minimum Gasteiger partial charge on any atom is -0.310 e. The van der Waals surface area contributed by atoms with E-state index in [-0.39, 0.29) is 10.8 Å². The fourth-order valence-electron chi connectivity index (χ4n) is 13.5. The van der Waals surface area contributed by atoms with Crippen molar-refractivity contribution in [1.82, 2.24) is 0 Å². The van der Waals surface area contributed by atoms with Crippen molar-refractivity contribution >= 4 is 48.6 Å². The summed E-state index contributed by atoms with van der Waals surface area (Å²) in [5.74, 6) is 3.25. The summed E-state index contributed by atoms with van der Waals surface area (Å²) >= 11 is 1.89. The van der Waals surface area contributed by atoms with Crippen LogP contribution in [-0.2, 0) is 10.8 Å². The van der Waals surface area contributed by atoms with Crippen LogP contribution in [0, 0.1) is 23.7 Å². The zero-order chi connectivity index (χ0) is 38.3. The van der Waals surface area contributed by atoms with Gasteiger partial charge in [0, 0.05) is 47.9 Å². The van der Waals surface area contributed by atoms with Crippen molar-refractivity contribution in [3.8, 4) is 33.4 Å². The fraction of sp³-hybridized carbons (Fsp3) is 0.250. The molecular formula is C56H47NS. The zero-order valence-corrected chi connectivity index (χ0v) is 34.2. The second kappa shape index (κ2) is 12.1. The van der Waals surface area contributed by atoms with Crippen molar-refractivity contribution in [2.75, 3.05) is 4.90 Å². The lowest BCUT2D eigenvalue weighted by molar-refractivity contribution is 0.0618. The molecule has 1 nitrogen and oxygen atoms in total. The van der Waals surface area contributed by atoms with Crippen LogP contribution in [0.25, 0.3) is 53.6 Å². The molecule has 5 unspecified atom stereocenters. The first-order valence-electron chi connectivity index (χ1n) is 21.8. The number of hydrogen-bond donors (Lipinski definition) is 0. The number of hydrogen-bond acceptors (Lipinski definition) is 2. The molecule has 4 saturated carbocycles. The molecule has 4 bridgehead atoms. The smallest absolute Gasteiger partial charge is 0.0543 e. The molecule has 0 saturated heterocycles. The van der Waals surface area contributed by atoms with Crippen molar-refractivity contribution in [1.29, 1.82) is 0 Å². The number of thiophene rings is 1. The van der Waals surface area contributed by atoms with Crippen LogP contribution >= 0.6 is 11.3 Å². The van der Waals surface area contributed by atoms with Crippen LogP contribution < -0.4 is 4.90 Å². The van der Waals surface area contributed by atoms with Crippen LogP contribution in [0.2, 0.25) is 0 Å². The van der Waals surface area contributed by atoms with Crippen molar-refractivity contribution in [3.05, 3.63) is 174 Å². The van der Waals surface area contributed by atoms with Gasteiger partial charge in [0.15, 0.2) is 0 Å². The first-order chi connectivity index (χ1) is 28.5. The molecule has 0 aliphatic heterocycles. The molecular weight excluding hydrogens is 719 g/mol. The van der Waals surface area contributed by atoms with E-state index in [1.54, 1.807) is 11.1 Å². The maximum Gasteiger partial charge on any atom is 0.0543 e. The van der Waals surface area contributed by atoms with Crippen molar-refractivity contribution in [3.63, 3.8) is 0 Å². The highest BCUT2D eigenvalue weighted by atomic mass is 32.1. The molecule has 6 aliphatic rings. The van der Waals surface area contributed by atoms with Gasteiger partial charge in [-0.15, -0.1) is 11.3 Å². The van der Waals surface area contributed by atoms with Gasteiger partial charge in [-0.25, -0.2) is 0 Å². The van der Waals surface area contributed by atoms with Crippen molar-refractivity contribution < 1.29 is 0 Å². The normalized spacial score (nSPS) is 24.2. The molecule has 14 rings (SSSR count). The lowest BCUT2D eigenvalue weighted by atomic mass is 9.51. The van der Waals surface area contributed by atoms with E-state index in [9.17, 15) is 0 Å². The van der Waals surface area contributed by atoms with Gasteiger partial charge in [-0.05, 0) is 148 Å². The summed E-state index contributed by atoms with van der Waals surface area (Å²) in [7, 11) is 0. The molecule has 1 aromatic heterocycles. The van der Waals surface area contributed by atoms with Gasteiger partial charge in [0.05, 0.1) is 5.69 Å². The summed E-state index contributed by atoms with van der Waals surface area (Å²) in [6, 6.07) is 58.6. The molecule has 1 heterocycles. The highest BCUT2D eigenvalue weighted by Gasteiger charge is 2.60. The molecule has 0 amide bonds. The summed E-state index contributed by atoms with van der Waals surface area (Å²) < 4.78 is 2.70. The molecule has 1 spiro atoms. The maximum atomic E-state index is 2.61. The number of rotatable bonds is 4. The summed E-state index contributed by atoms with van der Waals surface area (Å²) in [6.07, 6.45) is 8.43. The summed E-state index contributed by atoms with van der Waals surface area (Å²) in [4.78, 5) is 2.61. The van der Waals surface area contributed by atoms with Crippen LogP contribution in [0.5, 0.6) is 0 Å². The number of nitrogens with zero attached hydrogens (tertiary/aromatic N) is 1. The van der Waals surface area contributed by atoms with Crippen LogP contribution in [0.1, 0.15) is 74.6 Å². The monoisotopic (exact) mass is 765 g/mol. The molecule has 58 heavy (non-hydrogen) atoms. The predicted octanol–water partition coefficient (Wildman–Crippen LogP) is 15.6. The predicted molar refractivity (Wildman–Crippen MR) is 245 cm³/mol. The molecule has 6 aliphatic carbocycles. The van der Waals surface area contributed by atoms with Crippen LogP contribution in [0.3, 0.4) is 0 Å². The average molecular weight is 766 g/mol. The first kappa shape index (κ1) is 33.5. The lowest BCUT2D eigenvalue weighted by Crippen LogP contribution is -2.48. The van der Waals surface area contributed by atoms with Gasteiger partial charge in [-0.2, -0.15) is 0 Å². The Morgan fingerprint density at radius 2 is 1.17 bits per heavy atom. The Morgan fingerprint density at radius 1 is 0.483 bits per heavy atom. The molecule has 0 radical (unpaired) electrons. The minimum absolute atomic E-state index is 0.0867. The maximum absolute atomic E-state index is 2.61. The van der Waals surface area contributed by atoms with Crippen LogP contribution in [-0.4, -0.2) is 0 Å². The van der Waals surface area contributed by atoms with E-state index in [0.717, 1.165) is 17.8 Å². The highest BCUT2D eigenvalue weighted by molar-refractivity contribution is 7.25. The largest absolute Gasteiger partial charge is 0.310 e. The molecule has 7 aromatic carbocycles. The topological polar surface area (TPSA) is 3.24 Å². The quantitative estimate of drug-likeness (QED) is 0.172. The van der Waals surface area contributed by atoms with Crippen LogP contribution in [0.15, 0.2) is 152 Å². The van der Waals surface area contributed by atoms with Crippen molar-refractivity contribution in [2.45, 2.75) is 63.2 Å². The summed E-state index contributed by atoms with van der Waals surface area (Å²) in [5.41, 5.74) is 18.0. The summed E-state index contributed by atoms with van der Waals surface area (Å²) in [6.45, 7) is 4.81. The number of benzene rings is 7. The molecule has 8 aromatic rings. The Labute approximate surface area is 346 Å². The minimum atomic E-state index is -0.0867. The highest BCUT2D eigenvalue weighted by Crippen LogP contribution is 2.69. The van der Waals surface area contributed by atoms with Crippen molar-refractivity contribution in [2.24, 2.45) is 23.7 Å². The van der Waals surface area contributed by atoms with Gasteiger partial charge in [0.1, 0.15) is 0 Å². The molecule has 4 fully saturated rings. The summed E-state index contributed by atoms with van der Waals surface area (Å²) in [5, 5.41) is 2.70. The SMILES string of the molecule is CC1(C)c2ccccc2-c2ccc(N(c3ccc(-c4ccc5c(c4)sc4ccccc45)cc3)c3cccc4c3-c3ccccc3C43C4CCC5CC(C4)CC3C5)cc21. The Balaban J connectivity index is 1.00. The van der Waals surface area contributed by atoms with E-state index in [1.165, 1.54) is 120 Å². The third-order valence-electron chi connectivity index (χ3n) is 15.8. The Bertz CT molecular complexity index is 2970. The third-order valence-corrected chi connectivity index (χ3v) is 16.9. The zero-order valence-electron chi connectivity index (χ0n) is 33.3. The fourth-order valence-corrected chi connectivity index (χ4v) is 14.6. The van der Waals surface area contributed by atoms with Gasteiger partial charge in [0.2, 0.25) is 0 Å². The number of anilines is 3. The van der Waals surface area contributed by atoms with Gasteiger partial charge in [-0.3, -0.25) is 0 Å². The third kappa shape index (κ3) is 4.48. The van der Waals surface area contributed by atoms with E-state index >= 15 is 0 Å². The Kier molecular flexibility index (Phi) is 6.97. The van der Waals surface area contributed by atoms with E-state index in [0.29, 0.717) is 5.92 Å². The van der Waals surface area contributed by atoms with E-state index in [2.05, 4.69) is 170 Å². The molecule has 0 N–H and O–H groups in total. The lowest BCUT2D eigenvalue weighted by Gasteiger charge is -2.53. The van der Waals surface area contributed by atoms with E-state index in [1.807, 2.05) is 11.3 Å². The van der Waals surface area contributed by atoms with Gasteiger partial charge < -0.3 is 4.90 Å². The Morgan fingerprint density at radius 3 is 2.07 bits per heavy atom. The molecule has 2 heteroatoms. The van der Waals surface area contributed by atoms with E-state index < -0.39 is 0 Å². The average Bonchev–Trinajstić information content (AvgIpc) is 3.79. The second-order valence-corrected chi connectivity index (χ2v) is 19.9. The van der Waals surface area contributed by atoms with E-state index in [4.69, 9.17) is 0 Å². The first-order valence-corrected chi connectivity index (χ1v) is 22.6. The van der Waals surface area contributed by atoms with Gasteiger partial charge in [0.25, 0.3) is 0 Å². The van der Waals surface area contributed by atoms with Crippen LogP contribution in [0.4, 0.5) is 17.1 Å². The second-order valence-electron chi connectivity index (χ2n) is 18.9. The van der Waals surface area contributed by atoms with Gasteiger partial charge >= 0.3 is 0 Å². The van der Waals surface area contributed by atoms with Gasteiger partial charge in [-0.1, -0.05) is 129 Å². The number of fused-ring (bicyclic) bond motifs is 10. The standard InChI is InChI=1S/C56H47NS/c1-55(2)47-13-6-3-10-42(47)43-27-25-41(33-50(43)55)57(40-23-19-36(20-24-40)37-21-26-45-44-11-5-8-17-52(44)58-53(45)32-37)51-16-9-15-49-54(51)46-12-4-7-14-48(46)56(49)38-22-18-34-28-35(30-38)31-39(56)29-34/h3-17,19-21,23-27,32-35,38-39H,18,22,28-31H2,1-2H3.